The SMILES string of the molecule is C[C@@H]1C[C@@H](N(C)C(=O)OC(C)(C)C)CC(=O)N1c1ccc2c(-c3ccc(OCc4ccccc4)nc3OCc3ccccc3)nn(C)c2c1. The van der Waals surface area contributed by atoms with Crippen LogP contribution in [0.4, 0.5) is 10.5 Å². The van der Waals surface area contributed by atoms with Crippen LogP contribution in [0.3, 0.4) is 0 Å². The van der Waals surface area contributed by atoms with Crippen LogP contribution in [0.2, 0.25) is 0 Å². The number of benzene rings is 3. The summed E-state index contributed by atoms with van der Waals surface area (Å²) in [4.78, 5) is 34.4. The molecule has 10 nitrogen and oxygen atoms in total. The molecule has 10 heteroatoms. The number of carbonyl (C=O) groups is 2. The first-order valence-corrected chi connectivity index (χ1v) is 16.6. The summed E-state index contributed by atoms with van der Waals surface area (Å²) in [6, 6.07) is 29.2. The van der Waals surface area contributed by atoms with Crippen LogP contribution < -0.4 is 14.4 Å². The molecule has 3 aromatic carbocycles. The second kappa shape index (κ2) is 14.0. The van der Waals surface area contributed by atoms with E-state index in [1.54, 1.807) is 11.9 Å². The van der Waals surface area contributed by atoms with Gasteiger partial charge in [-0.2, -0.15) is 10.1 Å². The van der Waals surface area contributed by atoms with Crippen molar-refractivity contribution in [1.82, 2.24) is 19.7 Å². The molecular formula is C39H43N5O5. The second-order valence-corrected chi connectivity index (χ2v) is 13.5. The van der Waals surface area contributed by atoms with E-state index in [2.05, 4.69) is 0 Å². The summed E-state index contributed by atoms with van der Waals surface area (Å²) in [6.07, 6.45) is 0.413. The number of carbonyl (C=O) groups excluding carboxylic acids is 2. The molecule has 1 aliphatic rings. The molecule has 0 radical (unpaired) electrons. The topological polar surface area (TPSA) is 99.0 Å². The average Bonchev–Trinajstić information content (AvgIpc) is 3.41. The maximum atomic E-state index is 13.6. The van der Waals surface area contributed by atoms with E-state index in [1.165, 1.54) is 0 Å². The van der Waals surface area contributed by atoms with Crippen molar-refractivity contribution in [1.29, 1.82) is 0 Å². The van der Waals surface area contributed by atoms with Gasteiger partial charge in [0.2, 0.25) is 17.7 Å². The number of hydrogen-bond donors (Lipinski definition) is 0. The minimum atomic E-state index is -0.609. The lowest BCUT2D eigenvalue weighted by atomic mass is 9.95. The van der Waals surface area contributed by atoms with Crippen molar-refractivity contribution in [2.75, 3.05) is 11.9 Å². The van der Waals surface area contributed by atoms with Crippen LogP contribution in [-0.4, -0.2) is 56.4 Å². The lowest BCUT2D eigenvalue weighted by molar-refractivity contribution is -0.121. The molecule has 5 aromatic rings. The Balaban J connectivity index is 1.27. The van der Waals surface area contributed by atoms with Crippen LogP contribution in [-0.2, 0) is 29.8 Å². The van der Waals surface area contributed by atoms with E-state index in [0.717, 1.165) is 33.3 Å². The van der Waals surface area contributed by atoms with Crippen molar-refractivity contribution in [2.45, 2.75) is 71.4 Å². The lowest BCUT2D eigenvalue weighted by Gasteiger charge is -2.41. The monoisotopic (exact) mass is 661 g/mol. The third-order valence-electron chi connectivity index (χ3n) is 8.61. The second-order valence-electron chi connectivity index (χ2n) is 13.5. The molecule has 2 atom stereocenters. The zero-order chi connectivity index (χ0) is 34.7. The Morgan fingerprint density at radius 2 is 1.57 bits per heavy atom. The number of amides is 2. The summed E-state index contributed by atoms with van der Waals surface area (Å²) in [6.45, 7) is 8.22. The molecule has 2 amide bonds. The lowest BCUT2D eigenvalue weighted by Crippen LogP contribution is -2.53. The third kappa shape index (κ3) is 7.69. The summed E-state index contributed by atoms with van der Waals surface area (Å²) in [7, 11) is 3.59. The molecule has 0 unspecified atom stereocenters. The number of anilines is 1. The number of rotatable bonds is 9. The Morgan fingerprint density at radius 3 is 2.20 bits per heavy atom. The van der Waals surface area contributed by atoms with Crippen molar-refractivity contribution in [3.63, 3.8) is 0 Å². The van der Waals surface area contributed by atoms with E-state index in [1.807, 2.05) is 135 Å². The highest BCUT2D eigenvalue weighted by molar-refractivity contribution is 6.00. The Kier molecular flexibility index (Phi) is 9.58. The van der Waals surface area contributed by atoms with Gasteiger partial charge in [-0.3, -0.25) is 9.48 Å². The number of pyridine rings is 1. The van der Waals surface area contributed by atoms with E-state index in [4.69, 9.17) is 24.3 Å². The maximum absolute atomic E-state index is 13.6. The summed E-state index contributed by atoms with van der Waals surface area (Å²) < 4.78 is 19.7. The quantitative estimate of drug-likeness (QED) is 0.161. The van der Waals surface area contributed by atoms with E-state index in [9.17, 15) is 9.59 Å². The molecule has 6 rings (SSSR count). The first-order chi connectivity index (χ1) is 23.5. The van der Waals surface area contributed by atoms with Crippen molar-refractivity contribution < 1.29 is 23.8 Å². The standard InChI is InChI=1S/C39H43N5O5/c1-26-21-30(42(5)38(46)49-39(2,3)4)23-35(45)44(26)29-17-18-31-33(22-29)43(6)41-36(31)32-19-20-34(47-24-27-13-9-7-10-14-27)40-37(32)48-25-28-15-11-8-12-16-28/h7-20,22,26,30H,21,23-25H2,1-6H3/t26-,30-/m1/s1. The molecule has 2 aromatic heterocycles. The number of hydrogen-bond acceptors (Lipinski definition) is 7. The van der Waals surface area contributed by atoms with Crippen molar-refractivity contribution >= 4 is 28.6 Å². The summed E-state index contributed by atoms with van der Waals surface area (Å²) in [5, 5.41) is 5.80. The van der Waals surface area contributed by atoms with Crippen LogP contribution in [0.1, 0.15) is 51.7 Å². The highest BCUT2D eigenvalue weighted by Gasteiger charge is 2.37. The zero-order valence-corrected chi connectivity index (χ0v) is 28.9. The van der Waals surface area contributed by atoms with Gasteiger partial charge in [-0.25, -0.2) is 4.79 Å². The number of fused-ring (bicyclic) bond motifs is 1. The van der Waals surface area contributed by atoms with Crippen LogP contribution in [0.15, 0.2) is 91.0 Å². The summed E-state index contributed by atoms with van der Waals surface area (Å²) in [5.74, 6) is 0.817. The zero-order valence-electron chi connectivity index (χ0n) is 28.9. The Morgan fingerprint density at radius 1 is 0.918 bits per heavy atom. The number of aromatic nitrogens is 3. The smallest absolute Gasteiger partial charge is 0.410 e. The van der Waals surface area contributed by atoms with Crippen molar-refractivity contribution in [3.8, 4) is 23.0 Å². The molecule has 1 saturated heterocycles. The number of aryl methyl sites for hydroxylation is 1. The molecule has 1 aliphatic heterocycles. The molecule has 3 heterocycles. The largest absolute Gasteiger partial charge is 0.473 e. The average molecular weight is 662 g/mol. The van der Waals surface area contributed by atoms with E-state index < -0.39 is 11.7 Å². The fourth-order valence-corrected chi connectivity index (χ4v) is 6.15. The highest BCUT2D eigenvalue weighted by atomic mass is 16.6. The number of piperidine rings is 1. The summed E-state index contributed by atoms with van der Waals surface area (Å²) in [5.41, 5.74) is 4.53. The number of ether oxygens (including phenoxy) is 3. The minimum Gasteiger partial charge on any atom is -0.473 e. The number of nitrogens with zero attached hydrogens (tertiary/aromatic N) is 5. The van der Waals surface area contributed by atoms with Crippen molar-refractivity contribution in [2.24, 2.45) is 7.05 Å². The third-order valence-corrected chi connectivity index (χ3v) is 8.61. The Bertz CT molecular complexity index is 1940. The van der Waals surface area contributed by atoms with E-state index in [-0.39, 0.29) is 24.4 Å². The van der Waals surface area contributed by atoms with E-state index in [0.29, 0.717) is 37.1 Å². The molecule has 0 saturated carbocycles. The molecule has 0 N–H and O–H groups in total. The predicted octanol–water partition coefficient (Wildman–Crippen LogP) is 7.54. The molecule has 0 spiro atoms. The predicted molar refractivity (Wildman–Crippen MR) is 189 cm³/mol. The minimum absolute atomic E-state index is 0.0483. The van der Waals surface area contributed by atoms with Gasteiger partial charge in [0.05, 0.1) is 11.1 Å². The van der Waals surface area contributed by atoms with Gasteiger partial charge in [-0.1, -0.05) is 60.7 Å². The first kappa shape index (κ1) is 33.5. The van der Waals surface area contributed by atoms with Gasteiger partial charge in [-0.05, 0) is 69.5 Å². The molecule has 49 heavy (non-hydrogen) atoms. The molecule has 1 fully saturated rings. The van der Waals surface area contributed by atoms with Gasteiger partial charge in [-0.15, -0.1) is 0 Å². The highest BCUT2D eigenvalue weighted by Crippen LogP contribution is 2.38. The van der Waals surface area contributed by atoms with Gasteiger partial charge >= 0.3 is 6.09 Å². The van der Waals surface area contributed by atoms with Crippen LogP contribution in [0.5, 0.6) is 11.8 Å². The molecular weight excluding hydrogens is 618 g/mol. The van der Waals surface area contributed by atoms with Gasteiger partial charge in [0.1, 0.15) is 24.5 Å². The molecule has 0 bridgehead atoms. The van der Waals surface area contributed by atoms with Gasteiger partial charge in [0, 0.05) is 49.7 Å². The van der Waals surface area contributed by atoms with Crippen LogP contribution >= 0.6 is 0 Å². The van der Waals surface area contributed by atoms with Crippen LogP contribution in [0.25, 0.3) is 22.2 Å². The summed E-state index contributed by atoms with van der Waals surface area (Å²) >= 11 is 0. The Hall–Kier alpha value is -5.38. The van der Waals surface area contributed by atoms with Gasteiger partial charge in [0.15, 0.2) is 0 Å². The maximum Gasteiger partial charge on any atom is 0.410 e. The van der Waals surface area contributed by atoms with Gasteiger partial charge in [0.25, 0.3) is 0 Å². The van der Waals surface area contributed by atoms with Crippen LogP contribution in [0, 0.1) is 0 Å². The fourth-order valence-electron chi connectivity index (χ4n) is 6.15. The first-order valence-electron chi connectivity index (χ1n) is 16.6. The molecule has 0 aliphatic carbocycles. The normalized spacial score (nSPS) is 16.4. The van der Waals surface area contributed by atoms with E-state index >= 15 is 0 Å². The van der Waals surface area contributed by atoms with Gasteiger partial charge < -0.3 is 24.0 Å². The fraction of sp³-hybridized carbons (Fsp3) is 0.333. The van der Waals surface area contributed by atoms with Crippen molar-refractivity contribution in [3.05, 3.63) is 102 Å². The Labute approximate surface area is 287 Å². The molecule has 254 valence electrons.